The summed E-state index contributed by atoms with van der Waals surface area (Å²) in [5, 5.41) is 1.91. The van der Waals surface area contributed by atoms with Gasteiger partial charge in [0.25, 0.3) is 0 Å². The van der Waals surface area contributed by atoms with Crippen LogP contribution in [0.25, 0.3) is 66.6 Å². The minimum absolute atomic E-state index is 0.0333. The van der Waals surface area contributed by atoms with Gasteiger partial charge in [-0.1, -0.05) is 78.8 Å². The molecule has 7 aromatic rings. The van der Waals surface area contributed by atoms with Crippen LogP contribution in [0.5, 0.6) is 0 Å². The van der Waals surface area contributed by atoms with Gasteiger partial charge in [-0.05, 0) is 63.7 Å². The van der Waals surface area contributed by atoms with E-state index in [0.29, 0.717) is 5.56 Å². The summed E-state index contributed by atoms with van der Waals surface area (Å²) >= 11 is 6.36. The zero-order valence-corrected chi connectivity index (χ0v) is 19.2. The maximum atomic E-state index is 9.01. The molecule has 0 bridgehead atoms. The van der Waals surface area contributed by atoms with Crippen LogP contribution in [-0.4, -0.2) is 15.0 Å². The number of aromatic nitrogens is 3. The highest BCUT2D eigenvalue weighted by Crippen LogP contribution is 2.33. The quantitative estimate of drug-likeness (QED) is 0.249. The van der Waals surface area contributed by atoms with Crippen LogP contribution in [0.1, 0.15) is 9.60 Å². The van der Waals surface area contributed by atoms with Crippen LogP contribution in [0.2, 0.25) is 5.28 Å². The van der Waals surface area contributed by atoms with Crippen LogP contribution in [0, 0.1) is 0 Å². The second-order valence-corrected chi connectivity index (χ2v) is 8.46. The van der Waals surface area contributed by atoms with Gasteiger partial charge in [0.2, 0.25) is 5.28 Å². The average molecular weight is 491 g/mol. The first-order valence-electron chi connectivity index (χ1n) is 14.6. The van der Waals surface area contributed by atoms with Gasteiger partial charge in [0.15, 0.2) is 11.6 Å². The molecule has 2 heterocycles. The topological polar surface area (TPSA) is 51.8 Å². The third-order valence-corrected chi connectivity index (χ3v) is 6.11. The number of hydrogen-bond donors (Lipinski definition) is 0. The van der Waals surface area contributed by atoms with Gasteiger partial charge in [-0.25, -0.2) is 4.98 Å². The Morgan fingerprint density at radius 3 is 2.33 bits per heavy atom. The smallest absolute Gasteiger partial charge is 0.226 e. The van der Waals surface area contributed by atoms with Crippen LogP contribution in [0.4, 0.5) is 0 Å². The normalized spacial score (nSPS) is 14.2. The molecule has 0 saturated heterocycles. The third-order valence-electron chi connectivity index (χ3n) is 5.94. The molecule has 0 aliphatic carbocycles. The molecule has 0 aliphatic rings. The van der Waals surface area contributed by atoms with Gasteiger partial charge in [0.1, 0.15) is 11.2 Å². The van der Waals surface area contributed by atoms with E-state index in [1.807, 2.05) is 60.7 Å². The molecule has 0 atom stereocenters. The van der Waals surface area contributed by atoms with E-state index in [0.717, 1.165) is 21.9 Å². The van der Waals surface area contributed by atoms with Crippen molar-refractivity contribution in [2.45, 2.75) is 0 Å². The van der Waals surface area contributed by atoms with Crippen molar-refractivity contribution in [2.24, 2.45) is 0 Å². The van der Waals surface area contributed by atoms with E-state index in [4.69, 9.17) is 25.6 Å². The summed E-state index contributed by atoms with van der Waals surface area (Å²) in [4.78, 5) is 13.1. The summed E-state index contributed by atoms with van der Waals surface area (Å²) in [6.45, 7) is 0. The highest BCUT2D eigenvalue weighted by atomic mass is 35.5. The van der Waals surface area contributed by atoms with Gasteiger partial charge < -0.3 is 4.42 Å². The highest BCUT2D eigenvalue weighted by molar-refractivity contribution is 6.28. The summed E-state index contributed by atoms with van der Waals surface area (Å²) in [6, 6.07) is 18.7. The van der Waals surface area contributed by atoms with E-state index in [9.17, 15) is 0 Å². The fraction of sp³-hybridized carbons (Fsp3) is 0. The van der Waals surface area contributed by atoms with Crippen LogP contribution in [0.3, 0.4) is 0 Å². The number of nitrogens with zero attached hydrogens (tertiary/aromatic N) is 3. The van der Waals surface area contributed by atoms with Crippen LogP contribution >= 0.6 is 11.6 Å². The molecule has 36 heavy (non-hydrogen) atoms. The summed E-state index contributed by atoms with van der Waals surface area (Å²) in [7, 11) is 0. The van der Waals surface area contributed by atoms with Crippen molar-refractivity contribution < 1.29 is 14.0 Å². The number of fused-ring (bicyclic) bond motifs is 4. The van der Waals surface area contributed by atoms with E-state index in [2.05, 4.69) is 21.0 Å². The molecule has 5 aromatic carbocycles. The van der Waals surface area contributed by atoms with Crippen molar-refractivity contribution in [1.29, 1.82) is 0 Å². The molecule has 0 radical (unpaired) electrons. The Labute approximate surface area is 221 Å². The Morgan fingerprint density at radius 1 is 0.639 bits per heavy atom. The molecular formula is C31H18ClN3O. The Morgan fingerprint density at radius 2 is 1.39 bits per heavy atom. The molecule has 0 saturated carbocycles. The van der Waals surface area contributed by atoms with Gasteiger partial charge in [-0.2, -0.15) is 9.97 Å². The zero-order chi connectivity index (χ0) is 30.2. The predicted octanol–water partition coefficient (Wildman–Crippen LogP) is 8.58. The van der Waals surface area contributed by atoms with E-state index in [1.54, 1.807) is 0 Å². The van der Waals surface area contributed by atoms with Crippen molar-refractivity contribution in [3.8, 4) is 33.9 Å². The number of hydrogen-bond acceptors (Lipinski definition) is 4. The van der Waals surface area contributed by atoms with E-state index < -0.39 is 36.3 Å². The largest absolute Gasteiger partial charge is 0.456 e. The van der Waals surface area contributed by atoms with Gasteiger partial charge in [-0.15, -0.1) is 0 Å². The lowest BCUT2D eigenvalue weighted by Crippen LogP contribution is -1.97. The van der Waals surface area contributed by atoms with Gasteiger partial charge >= 0.3 is 0 Å². The Hall–Kier alpha value is -4.54. The number of rotatable bonds is 3. The van der Waals surface area contributed by atoms with Crippen molar-refractivity contribution in [3.63, 3.8) is 0 Å². The summed E-state index contributed by atoms with van der Waals surface area (Å²) in [6.07, 6.45) is 0. The molecule has 0 N–H and O–H groups in total. The maximum absolute atomic E-state index is 9.01. The number of furan rings is 1. The Kier molecular flexibility index (Phi) is 3.40. The molecule has 2 aromatic heterocycles. The summed E-state index contributed by atoms with van der Waals surface area (Å²) in [5.74, 6) is 0.0765. The van der Waals surface area contributed by atoms with Gasteiger partial charge in [-0.3, -0.25) is 0 Å². The molecular weight excluding hydrogens is 466 g/mol. The van der Waals surface area contributed by atoms with Crippen LogP contribution < -0.4 is 0 Å². The van der Waals surface area contributed by atoms with E-state index >= 15 is 0 Å². The van der Waals surface area contributed by atoms with Crippen LogP contribution in [0.15, 0.2) is 113 Å². The fourth-order valence-corrected chi connectivity index (χ4v) is 4.47. The monoisotopic (exact) mass is 490 g/mol. The standard InChI is InChI=1S/C31H18ClN3O/c32-31-34-29(21-10-5-9-20(17-21)24-13-6-8-19-7-1-2-11-23(19)24)33-30(35-31)22-15-16-28-26(18-22)25-12-3-4-14-27(25)36-28/h1-18H/i3D,4D,12D,14D,15D,16D,18D. The number of halogens is 1. The minimum atomic E-state index is -0.501. The molecule has 5 heteroatoms. The van der Waals surface area contributed by atoms with Crippen molar-refractivity contribution >= 4 is 44.3 Å². The molecule has 170 valence electrons. The molecule has 4 nitrogen and oxygen atoms in total. The van der Waals surface area contributed by atoms with Gasteiger partial charge in [0, 0.05) is 21.9 Å². The third kappa shape index (κ3) is 3.51. The first kappa shape index (κ1) is 14.8. The van der Waals surface area contributed by atoms with Crippen molar-refractivity contribution in [2.75, 3.05) is 0 Å². The zero-order valence-electron chi connectivity index (χ0n) is 25.5. The summed E-state index contributed by atoms with van der Waals surface area (Å²) in [5.41, 5.74) is 2.03. The Bertz CT molecular complexity index is 2300. The van der Waals surface area contributed by atoms with Crippen molar-refractivity contribution in [3.05, 3.63) is 114 Å². The van der Waals surface area contributed by atoms with Gasteiger partial charge in [0.05, 0.1) is 9.60 Å². The molecule has 0 fully saturated rings. The molecule has 0 amide bonds. The molecule has 0 unspecified atom stereocenters. The first-order valence-corrected chi connectivity index (χ1v) is 11.5. The lowest BCUT2D eigenvalue weighted by molar-refractivity contribution is 0.669. The number of para-hydroxylation sites is 1. The lowest BCUT2D eigenvalue weighted by Gasteiger charge is -2.09. The second kappa shape index (κ2) is 8.29. The fourth-order valence-electron chi connectivity index (χ4n) is 4.31. The highest BCUT2D eigenvalue weighted by Gasteiger charge is 2.14. The molecule has 0 spiro atoms. The van der Waals surface area contributed by atoms with Crippen molar-refractivity contribution in [1.82, 2.24) is 15.0 Å². The first-order chi connectivity index (χ1) is 20.7. The lowest BCUT2D eigenvalue weighted by atomic mass is 9.97. The number of benzene rings is 5. The van der Waals surface area contributed by atoms with E-state index in [-0.39, 0.29) is 50.5 Å². The molecule has 0 aliphatic heterocycles. The van der Waals surface area contributed by atoms with E-state index in [1.165, 1.54) is 0 Å². The predicted molar refractivity (Wildman–Crippen MR) is 146 cm³/mol. The minimum Gasteiger partial charge on any atom is -0.456 e. The second-order valence-electron chi connectivity index (χ2n) is 8.12. The van der Waals surface area contributed by atoms with Crippen LogP contribution in [-0.2, 0) is 0 Å². The maximum Gasteiger partial charge on any atom is 0.226 e. The summed E-state index contributed by atoms with van der Waals surface area (Å²) < 4.78 is 64.8. The SMILES string of the molecule is [2H]c1c([2H])c([2H])c2c(oc3c([2H])c([2H])c(-c4nc(Cl)nc(-c5cccc(-c6cccc7ccccc67)c5)n4)c([2H])c32)c1[2H]. The molecule has 7 rings (SSSR count). The Balaban J connectivity index is 1.44. The average Bonchev–Trinajstić information content (AvgIpc) is 3.43.